The zero-order chi connectivity index (χ0) is 70.8. The van der Waals surface area contributed by atoms with E-state index in [0.29, 0.717) is 70.5 Å². The minimum absolute atomic E-state index is 0.176. The van der Waals surface area contributed by atoms with Crippen LogP contribution in [-0.2, 0) is 75.4 Å². The van der Waals surface area contributed by atoms with Gasteiger partial charge in [-0.15, -0.1) is 0 Å². The van der Waals surface area contributed by atoms with Crippen LogP contribution in [0.3, 0.4) is 0 Å². The van der Waals surface area contributed by atoms with Gasteiger partial charge in [0.1, 0.15) is 0 Å². The first kappa shape index (κ1) is 65.0. The Morgan fingerprint density at radius 1 is 0.235 bits per heavy atom. The maximum absolute atomic E-state index is 15.4. The third-order valence-electron chi connectivity index (χ3n) is 19.9. The molecule has 4 heterocycles. The molecular formula is C66H38F18N6O8. The monoisotopic (exact) mass is 1380 g/mol. The molecule has 10 aliphatic rings. The predicted octanol–water partition coefficient (Wildman–Crippen LogP) is 13.4. The number of allylic oxidation sites excluding steroid dienone is 4. The number of carbonyl (C=O) groups excluding carboxylic acids is 8. The summed E-state index contributed by atoms with van der Waals surface area (Å²) in [4.78, 5) is 117. The molecule has 4 aliphatic heterocycles. The molecule has 506 valence electrons. The molecule has 12 atom stereocenters. The Bertz CT molecular complexity index is 4290. The molecule has 4 bridgehead atoms. The third kappa shape index (κ3) is 9.55. The molecule has 6 fully saturated rings. The summed E-state index contributed by atoms with van der Waals surface area (Å²) < 4.78 is 266. The molecule has 4 saturated heterocycles. The maximum Gasteiger partial charge on any atom is 0.417 e. The highest BCUT2D eigenvalue weighted by Crippen LogP contribution is 2.62. The van der Waals surface area contributed by atoms with E-state index in [4.69, 9.17) is 11.5 Å². The number of anilines is 6. The quantitative estimate of drug-likeness (QED) is 0.0670. The number of benzene rings is 6. The van der Waals surface area contributed by atoms with Crippen LogP contribution >= 0.6 is 0 Å². The molecule has 12 unspecified atom stereocenters. The third-order valence-corrected chi connectivity index (χ3v) is 19.9. The van der Waals surface area contributed by atoms with E-state index < -0.39 is 256 Å². The van der Waals surface area contributed by atoms with Crippen LogP contribution in [0.1, 0.15) is 33.4 Å². The fourth-order valence-corrected chi connectivity index (χ4v) is 16.1. The summed E-state index contributed by atoms with van der Waals surface area (Å²) in [6.45, 7) is 0. The van der Waals surface area contributed by atoms with Crippen molar-refractivity contribution in [3.8, 4) is 33.4 Å². The summed E-state index contributed by atoms with van der Waals surface area (Å²) in [7, 11) is 0. The highest BCUT2D eigenvalue weighted by atomic mass is 19.4. The van der Waals surface area contributed by atoms with Gasteiger partial charge in [0.2, 0.25) is 47.3 Å². The molecule has 2 saturated carbocycles. The van der Waals surface area contributed by atoms with Gasteiger partial charge in [0, 0.05) is 35.0 Å². The Morgan fingerprint density at radius 2 is 0.388 bits per heavy atom. The predicted molar refractivity (Wildman–Crippen MR) is 305 cm³/mol. The highest BCUT2D eigenvalue weighted by Gasteiger charge is 2.71. The lowest BCUT2D eigenvalue weighted by atomic mass is 9.54. The lowest BCUT2D eigenvalue weighted by molar-refractivity contribution is -0.139. The molecule has 4 N–H and O–H groups in total. The van der Waals surface area contributed by atoms with Crippen LogP contribution in [0, 0.1) is 71.0 Å². The summed E-state index contributed by atoms with van der Waals surface area (Å²) in [6.07, 6.45) is -27.4. The number of halogens is 18. The van der Waals surface area contributed by atoms with Gasteiger partial charge < -0.3 is 11.5 Å². The van der Waals surface area contributed by atoms with Gasteiger partial charge in [-0.3, -0.25) is 58.0 Å². The summed E-state index contributed by atoms with van der Waals surface area (Å²) in [5, 5.41) is 0. The summed E-state index contributed by atoms with van der Waals surface area (Å²) in [5.74, 6) is -28.4. The molecule has 98 heavy (non-hydrogen) atoms. The van der Waals surface area contributed by atoms with Crippen molar-refractivity contribution < 1.29 is 117 Å². The van der Waals surface area contributed by atoms with Crippen molar-refractivity contribution in [1.82, 2.24) is 0 Å². The largest absolute Gasteiger partial charge is 0.417 e. The molecule has 14 nitrogen and oxygen atoms in total. The van der Waals surface area contributed by atoms with Gasteiger partial charge in [0.05, 0.1) is 103 Å². The van der Waals surface area contributed by atoms with Crippen LogP contribution < -0.4 is 31.1 Å². The number of amides is 8. The lowest BCUT2D eigenvalue weighted by Gasteiger charge is -2.44. The first-order valence-electron chi connectivity index (χ1n) is 29.3. The topological polar surface area (TPSA) is 202 Å². The second kappa shape index (κ2) is 21.1. The molecule has 6 aromatic rings. The van der Waals surface area contributed by atoms with Crippen molar-refractivity contribution in [1.29, 1.82) is 0 Å². The average Bonchev–Trinajstić information content (AvgIpc) is 1.53. The Labute approximate surface area is 536 Å². The number of rotatable bonds is 7. The van der Waals surface area contributed by atoms with Gasteiger partial charge in [-0.05, 0) is 106 Å². The number of alkyl halides is 18. The molecule has 6 aliphatic carbocycles. The zero-order valence-corrected chi connectivity index (χ0v) is 48.6. The highest BCUT2D eigenvalue weighted by molar-refractivity contribution is 6.28. The van der Waals surface area contributed by atoms with Gasteiger partial charge in [-0.2, -0.15) is 79.0 Å². The number of hydrogen-bond donors (Lipinski definition) is 2. The van der Waals surface area contributed by atoms with Crippen LogP contribution in [0.5, 0.6) is 0 Å². The number of nitrogens with zero attached hydrogens (tertiary/aromatic N) is 4. The number of carbonyl (C=O) groups is 8. The van der Waals surface area contributed by atoms with E-state index >= 15 is 26.3 Å². The fourth-order valence-electron chi connectivity index (χ4n) is 16.1. The van der Waals surface area contributed by atoms with E-state index in [1.807, 2.05) is 0 Å². The number of imide groups is 4. The fraction of sp³-hybridized carbons (Fsp3) is 0.273. The number of nitrogens with two attached hydrogens (primary N) is 2. The van der Waals surface area contributed by atoms with E-state index in [2.05, 4.69) is 0 Å². The Balaban J connectivity index is 0.736. The first-order valence-corrected chi connectivity index (χ1v) is 29.3. The Morgan fingerprint density at radius 3 is 0.551 bits per heavy atom. The van der Waals surface area contributed by atoms with E-state index in [1.165, 1.54) is 24.3 Å². The molecular weight excluding hydrogens is 1350 g/mol. The van der Waals surface area contributed by atoms with Crippen LogP contribution in [0.4, 0.5) is 113 Å². The van der Waals surface area contributed by atoms with Gasteiger partial charge in [0.25, 0.3) is 0 Å². The molecule has 16 rings (SSSR count). The van der Waals surface area contributed by atoms with Crippen molar-refractivity contribution in [3.63, 3.8) is 0 Å². The minimum atomic E-state index is -5.63. The van der Waals surface area contributed by atoms with E-state index in [9.17, 15) is 91.0 Å². The summed E-state index contributed by atoms with van der Waals surface area (Å²) in [6, 6.07) is 10.0. The van der Waals surface area contributed by atoms with Gasteiger partial charge in [-0.25, -0.2) is 0 Å². The number of hydrogen-bond acceptors (Lipinski definition) is 10. The normalized spacial score (nSPS) is 26.8. The molecule has 6 aromatic carbocycles. The standard InChI is InChI=1S/C66H38F18N6O8/c67-61(68,69)39-17-23(85)1-7-29(39)31-9-3-25(19-41(31)63(73,74)75)87-53(91)45-35-13-14-36(46(45)54(87)92)50-49(35)57(95)89(58(50)96)27-5-11-33(43(21-27)65(79,80)81)34-12-6-28(22-44(34)66(82,83)84)90-59(97)51-37-15-16-38(52(51)60(90)98)48-47(37)55(93)88(56(48)94)26-4-10-32(42(20-26)64(76,77)78)30-8-2-24(86)18-40(30)62(70,71)72/h1-22,35-38,45-52H,85-86H2. The second-order valence-electron chi connectivity index (χ2n) is 24.8. The van der Waals surface area contributed by atoms with E-state index in [-0.39, 0.29) is 34.1 Å². The molecule has 8 amide bonds. The van der Waals surface area contributed by atoms with Gasteiger partial charge >= 0.3 is 37.1 Å². The first-order chi connectivity index (χ1) is 45.6. The van der Waals surface area contributed by atoms with Crippen LogP contribution in [0.2, 0.25) is 0 Å². The Hall–Kier alpha value is -10.3. The van der Waals surface area contributed by atoms with Crippen LogP contribution in [0.15, 0.2) is 133 Å². The van der Waals surface area contributed by atoms with Crippen molar-refractivity contribution in [3.05, 3.63) is 167 Å². The Kier molecular flexibility index (Phi) is 14.0. The molecule has 0 aromatic heterocycles. The summed E-state index contributed by atoms with van der Waals surface area (Å²) >= 11 is 0. The summed E-state index contributed by atoms with van der Waals surface area (Å²) in [5.41, 5.74) is -9.83. The average molecular weight is 1390 g/mol. The minimum Gasteiger partial charge on any atom is -0.399 e. The van der Waals surface area contributed by atoms with Crippen molar-refractivity contribution in [2.45, 2.75) is 37.1 Å². The molecule has 32 heteroatoms. The van der Waals surface area contributed by atoms with Crippen molar-refractivity contribution in [2.24, 2.45) is 71.0 Å². The molecule has 0 radical (unpaired) electrons. The van der Waals surface area contributed by atoms with Crippen LogP contribution in [0.25, 0.3) is 33.4 Å². The van der Waals surface area contributed by atoms with Crippen molar-refractivity contribution >= 4 is 81.4 Å². The lowest BCUT2D eigenvalue weighted by Crippen LogP contribution is -2.50. The van der Waals surface area contributed by atoms with E-state index in [1.54, 1.807) is 0 Å². The van der Waals surface area contributed by atoms with E-state index in [0.717, 1.165) is 24.3 Å². The van der Waals surface area contributed by atoms with Gasteiger partial charge in [0.15, 0.2) is 0 Å². The van der Waals surface area contributed by atoms with Crippen molar-refractivity contribution in [2.75, 3.05) is 31.1 Å². The second-order valence-corrected chi connectivity index (χ2v) is 24.8. The molecule has 0 spiro atoms. The maximum atomic E-state index is 15.4. The smallest absolute Gasteiger partial charge is 0.399 e. The SMILES string of the molecule is Nc1ccc(-c2ccc(N3C(=O)C4C5C=CC(C4C3=O)C3C(=O)N(c4ccc(-c6ccc(N7C(=O)C8C9C=CC(C%10C(=O)N(c%11ccc(-c%12ccc(N)cc%12C(F)(F)F)c(C(F)(F)F)c%11)C(=O)C9%10)C8C7=O)cc6C(F)(F)F)c(C(F)(F)F)c4)C(=O)C53)cc2C(F)(F)F)c(C(F)(F)F)c1. The van der Waals surface area contributed by atoms with Crippen LogP contribution in [-0.4, -0.2) is 47.3 Å². The zero-order valence-electron chi connectivity index (χ0n) is 48.6. The number of nitrogen functional groups attached to an aromatic ring is 2. The van der Waals surface area contributed by atoms with Gasteiger partial charge in [-0.1, -0.05) is 60.7 Å².